The van der Waals surface area contributed by atoms with Crippen LogP contribution in [-0.4, -0.2) is 29.1 Å². The van der Waals surface area contributed by atoms with E-state index in [1.54, 1.807) is 25.9 Å². The maximum Gasteiger partial charge on any atom is 0.217 e. The zero-order valence-corrected chi connectivity index (χ0v) is 13.4. The van der Waals surface area contributed by atoms with E-state index < -0.39 is 6.10 Å². The van der Waals surface area contributed by atoms with Crippen LogP contribution in [0.25, 0.3) is 0 Å². The second-order valence-electron chi connectivity index (χ2n) is 5.16. The molecule has 5 nitrogen and oxygen atoms in total. The maximum atomic E-state index is 10.8. The van der Waals surface area contributed by atoms with E-state index in [2.05, 4.69) is 5.10 Å². The summed E-state index contributed by atoms with van der Waals surface area (Å²) in [6.07, 6.45) is -0.845. The molecule has 0 aliphatic rings. The minimum absolute atomic E-state index is 0.556. The zero-order valence-electron chi connectivity index (χ0n) is 13.4. The molecule has 114 valence electrons. The first-order chi connectivity index (χ1) is 9.92. The molecular weight excluding hydrogens is 268 g/mol. The lowest BCUT2D eigenvalue weighted by Gasteiger charge is -2.18. The number of nitrogens with zero attached hydrogens (tertiary/aromatic N) is 2. The number of benzene rings is 1. The standard InChI is InChI=1S/C16H22N2O3/c1-9-7-8-12(15(20-5)10(9)2)14(19)13-11(3)17-18(4)16(13)21-6/h7-8,14,19H,1-6H3. The number of hydrogen-bond donors (Lipinski definition) is 1. The van der Waals surface area contributed by atoms with E-state index in [0.717, 1.165) is 22.4 Å². The molecule has 2 aromatic rings. The molecule has 1 atom stereocenters. The van der Waals surface area contributed by atoms with Crippen molar-refractivity contribution < 1.29 is 14.6 Å². The summed E-state index contributed by atoms with van der Waals surface area (Å²) < 4.78 is 12.5. The average molecular weight is 290 g/mol. The fraction of sp³-hybridized carbons (Fsp3) is 0.438. The molecule has 0 aliphatic heterocycles. The van der Waals surface area contributed by atoms with Crippen LogP contribution in [-0.2, 0) is 7.05 Å². The average Bonchev–Trinajstić information content (AvgIpc) is 2.74. The number of methoxy groups -OCH3 is 2. The van der Waals surface area contributed by atoms with Gasteiger partial charge in [-0.1, -0.05) is 12.1 Å². The number of aromatic nitrogens is 2. The Morgan fingerprint density at radius 3 is 2.38 bits per heavy atom. The molecule has 2 rings (SSSR count). The monoisotopic (exact) mass is 290 g/mol. The fourth-order valence-corrected chi connectivity index (χ4v) is 2.66. The third kappa shape index (κ3) is 2.49. The van der Waals surface area contributed by atoms with Crippen molar-refractivity contribution in [3.8, 4) is 11.6 Å². The molecule has 0 saturated carbocycles. The summed E-state index contributed by atoms with van der Waals surface area (Å²) in [5.41, 5.74) is 4.27. The largest absolute Gasteiger partial charge is 0.496 e. The fourth-order valence-electron chi connectivity index (χ4n) is 2.66. The lowest BCUT2D eigenvalue weighted by atomic mass is 9.96. The number of rotatable bonds is 4. The summed E-state index contributed by atoms with van der Waals surface area (Å²) in [4.78, 5) is 0. The van der Waals surface area contributed by atoms with E-state index in [9.17, 15) is 5.11 Å². The van der Waals surface area contributed by atoms with E-state index in [1.807, 2.05) is 32.9 Å². The van der Waals surface area contributed by atoms with Crippen molar-refractivity contribution >= 4 is 0 Å². The molecule has 0 radical (unpaired) electrons. The molecule has 1 aromatic heterocycles. The number of aliphatic hydroxyl groups is 1. The van der Waals surface area contributed by atoms with E-state index in [1.165, 1.54) is 0 Å². The Morgan fingerprint density at radius 2 is 1.81 bits per heavy atom. The van der Waals surface area contributed by atoms with Gasteiger partial charge in [-0.05, 0) is 31.9 Å². The molecule has 0 saturated heterocycles. The summed E-state index contributed by atoms with van der Waals surface area (Å²) in [6, 6.07) is 3.87. The Morgan fingerprint density at radius 1 is 1.14 bits per heavy atom. The molecule has 5 heteroatoms. The second kappa shape index (κ2) is 5.77. The van der Waals surface area contributed by atoms with Gasteiger partial charge in [0, 0.05) is 12.6 Å². The Bertz CT molecular complexity index is 662. The van der Waals surface area contributed by atoms with Crippen molar-refractivity contribution in [1.82, 2.24) is 9.78 Å². The van der Waals surface area contributed by atoms with E-state index >= 15 is 0 Å². The van der Waals surface area contributed by atoms with Crippen molar-refractivity contribution in [2.45, 2.75) is 26.9 Å². The van der Waals surface area contributed by atoms with E-state index in [4.69, 9.17) is 9.47 Å². The molecule has 0 spiro atoms. The predicted octanol–water partition coefficient (Wildman–Crippen LogP) is 2.44. The van der Waals surface area contributed by atoms with E-state index in [-0.39, 0.29) is 0 Å². The van der Waals surface area contributed by atoms with Crippen molar-refractivity contribution in [2.75, 3.05) is 14.2 Å². The highest BCUT2D eigenvalue weighted by Gasteiger charge is 2.26. The maximum absolute atomic E-state index is 10.8. The molecule has 21 heavy (non-hydrogen) atoms. The van der Waals surface area contributed by atoms with Gasteiger partial charge in [0.1, 0.15) is 11.9 Å². The summed E-state index contributed by atoms with van der Waals surface area (Å²) in [6.45, 7) is 5.86. The van der Waals surface area contributed by atoms with Gasteiger partial charge in [-0.2, -0.15) is 5.10 Å². The lowest BCUT2D eigenvalue weighted by molar-refractivity contribution is 0.207. The lowest BCUT2D eigenvalue weighted by Crippen LogP contribution is -2.07. The van der Waals surface area contributed by atoms with Gasteiger partial charge in [0.05, 0.1) is 25.5 Å². The van der Waals surface area contributed by atoms with Crippen LogP contribution in [0.5, 0.6) is 11.6 Å². The summed E-state index contributed by atoms with van der Waals surface area (Å²) in [5.74, 6) is 1.26. The van der Waals surface area contributed by atoms with Gasteiger partial charge in [-0.25, -0.2) is 4.68 Å². The Kier molecular flexibility index (Phi) is 4.23. The molecule has 1 heterocycles. The third-order valence-electron chi connectivity index (χ3n) is 3.89. The highest BCUT2D eigenvalue weighted by atomic mass is 16.5. The molecule has 1 aromatic carbocycles. The van der Waals surface area contributed by atoms with Gasteiger partial charge in [0.25, 0.3) is 0 Å². The highest BCUT2D eigenvalue weighted by Crippen LogP contribution is 2.38. The van der Waals surface area contributed by atoms with Gasteiger partial charge in [0.15, 0.2) is 0 Å². The minimum Gasteiger partial charge on any atom is -0.496 e. The van der Waals surface area contributed by atoms with Crippen LogP contribution in [0.2, 0.25) is 0 Å². The number of aryl methyl sites for hydroxylation is 3. The van der Waals surface area contributed by atoms with Crippen LogP contribution in [0, 0.1) is 20.8 Å². The van der Waals surface area contributed by atoms with Crippen molar-refractivity contribution in [2.24, 2.45) is 7.05 Å². The van der Waals surface area contributed by atoms with Crippen LogP contribution in [0.1, 0.15) is 34.1 Å². The summed E-state index contributed by atoms with van der Waals surface area (Å²) in [5, 5.41) is 15.1. The van der Waals surface area contributed by atoms with Crippen molar-refractivity contribution in [3.05, 3.63) is 40.1 Å². The first kappa shape index (κ1) is 15.4. The van der Waals surface area contributed by atoms with Crippen molar-refractivity contribution in [1.29, 1.82) is 0 Å². The van der Waals surface area contributed by atoms with Gasteiger partial charge in [-0.15, -0.1) is 0 Å². The Labute approximate surface area is 125 Å². The van der Waals surface area contributed by atoms with Crippen molar-refractivity contribution in [3.63, 3.8) is 0 Å². The first-order valence-corrected chi connectivity index (χ1v) is 6.82. The topological polar surface area (TPSA) is 56.5 Å². The van der Waals surface area contributed by atoms with Gasteiger partial charge >= 0.3 is 0 Å². The zero-order chi connectivity index (χ0) is 15.7. The SMILES string of the molecule is COc1c(C(O)c2c(C)nn(C)c2OC)ccc(C)c1C. The first-order valence-electron chi connectivity index (χ1n) is 6.82. The molecule has 1 N–H and O–H groups in total. The number of ether oxygens (including phenoxy) is 2. The Hall–Kier alpha value is -2.01. The van der Waals surface area contributed by atoms with Crippen LogP contribution in [0.15, 0.2) is 12.1 Å². The molecular formula is C16H22N2O3. The van der Waals surface area contributed by atoms with Crippen LogP contribution >= 0.6 is 0 Å². The molecule has 0 fully saturated rings. The summed E-state index contributed by atoms with van der Waals surface area (Å²) in [7, 11) is 4.98. The predicted molar refractivity (Wildman–Crippen MR) is 81.0 cm³/mol. The smallest absolute Gasteiger partial charge is 0.217 e. The van der Waals surface area contributed by atoms with Gasteiger partial charge in [0.2, 0.25) is 5.88 Å². The molecule has 0 aliphatic carbocycles. The molecule has 1 unspecified atom stereocenters. The second-order valence-corrected chi connectivity index (χ2v) is 5.16. The third-order valence-corrected chi connectivity index (χ3v) is 3.89. The normalized spacial score (nSPS) is 12.3. The molecule has 0 bridgehead atoms. The van der Waals surface area contributed by atoms with E-state index in [0.29, 0.717) is 17.2 Å². The number of hydrogen-bond acceptors (Lipinski definition) is 4. The van der Waals surface area contributed by atoms with Gasteiger partial charge < -0.3 is 14.6 Å². The highest BCUT2D eigenvalue weighted by molar-refractivity contribution is 5.50. The minimum atomic E-state index is -0.845. The number of aliphatic hydroxyl groups excluding tert-OH is 1. The Balaban J connectivity index is 2.60. The van der Waals surface area contributed by atoms with Crippen LogP contribution in [0.3, 0.4) is 0 Å². The quantitative estimate of drug-likeness (QED) is 0.939. The molecule has 0 amide bonds. The van der Waals surface area contributed by atoms with Gasteiger partial charge in [-0.3, -0.25) is 0 Å². The van der Waals surface area contributed by atoms with Crippen LogP contribution < -0.4 is 9.47 Å². The van der Waals surface area contributed by atoms with Crippen LogP contribution in [0.4, 0.5) is 0 Å². The summed E-state index contributed by atoms with van der Waals surface area (Å²) >= 11 is 0.